The van der Waals surface area contributed by atoms with E-state index >= 15 is 0 Å². The van der Waals surface area contributed by atoms with E-state index in [1.165, 1.54) is 0 Å². The van der Waals surface area contributed by atoms with Crippen LogP contribution in [0.3, 0.4) is 0 Å². The maximum absolute atomic E-state index is 12.5. The van der Waals surface area contributed by atoms with Crippen LogP contribution in [0, 0.1) is 5.92 Å². The zero-order valence-corrected chi connectivity index (χ0v) is 18.8. The molecule has 0 aliphatic carbocycles. The van der Waals surface area contributed by atoms with Crippen LogP contribution in [0.2, 0.25) is 10.0 Å². The number of carbonyl (C=O) groups is 2. The number of benzene rings is 2. The highest BCUT2D eigenvalue weighted by molar-refractivity contribution is 6.42. The van der Waals surface area contributed by atoms with Crippen LogP contribution in [0.4, 0.5) is 4.79 Å². The van der Waals surface area contributed by atoms with E-state index in [4.69, 9.17) is 32.7 Å². The van der Waals surface area contributed by atoms with E-state index < -0.39 is 24.1 Å². The SMILES string of the molecule is CC(C)[C@H](NC(=O)OCc1ccccc1)C(=O)NCC(O)COc1cccc(Cl)c1Cl. The maximum atomic E-state index is 12.5. The summed E-state index contributed by atoms with van der Waals surface area (Å²) in [5, 5.41) is 15.9. The van der Waals surface area contributed by atoms with E-state index in [1.54, 1.807) is 32.0 Å². The summed E-state index contributed by atoms with van der Waals surface area (Å²) in [6.07, 6.45) is -1.69. The molecule has 2 aromatic carbocycles. The summed E-state index contributed by atoms with van der Waals surface area (Å²) in [6, 6.07) is 13.3. The summed E-state index contributed by atoms with van der Waals surface area (Å²) in [5.41, 5.74) is 0.839. The van der Waals surface area contributed by atoms with Gasteiger partial charge in [0.25, 0.3) is 0 Å². The van der Waals surface area contributed by atoms with Crippen LogP contribution < -0.4 is 15.4 Å². The fourth-order valence-electron chi connectivity index (χ4n) is 2.60. The van der Waals surface area contributed by atoms with Gasteiger partial charge in [0.15, 0.2) is 0 Å². The molecule has 0 saturated carbocycles. The number of aliphatic hydroxyl groups excluding tert-OH is 1. The van der Waals surface area contributed by atoms with Gasteiger partial charge in [-0.3, -0.25) is 4.79 Å². The lowest BCUT2D eigenvalue weighted by molar-refractivity contribution is -0.124. The first-order valence-corrected chi connectivity index (χ1v) is 10.5. The smallest absolute Gasteiger partial charge is 0.408 e. The Morgan fingerprint density at radius 2 is 1.77 bits per heavy atom. The van der Waals surface area contributed by atoms with Crippen molar-refractivity contribution in [1.82, 2.24) is 10.6 Å². The number of carbonyl (C=O) groups excluding carboxylic acids is 2. The Hall–Kier alpha value is -2.48. The Kier molecular flexibility index (Phi) is 9.91. The molecule has 2 atom stereocenters. The Labute approximate surface area is 191 Å². The lowest BCUT2D eigenvalue weighted by atomic mass is 10.0. The van der Waals surface area contributed by atoms with Crippen molar-refractivity contribution in [2.45, 2.75) is 32.6 Å². The largest absolute Gasteiger partial charge is 0.489 e. The number of alkyl carbamates (subject to hydrolysis) is 1. The van der Waals surface area contributed by atoms with Crippen LogP contribution in [-0.2, 0) is 16.1 Å². The summed E-state index contributed by atoms with van der Waals surface area (Å²) < 4.78 is 10.6. The molecule has 0 aliphatic rings. The van der Waals surface area contributed by atoms with Gasteiger partial charge in [-0.15, -0.1) is 0 Å². The van der Waals surface area contributed by atoms with Crippen LogP contribution in [0.5, 0.6) is 5.75 Å². The van der Waals surface area contributed by atoms with Crippen molar-refractivity contribution in [3.63, 3.8) is 0 Å². The molecule has 168 valence electrons. The van der Waals surface area contributed by atoms with Gasteiger partial charge in [0.2, 0.25) is 5.91 Å². The fraction of sp³-hybridized carbons (Fsp3) is 0.364. The van der Waals surface area contributed by atoms with Gasteiger partial charge < -0.3 is 25.2 Å². The van der Waals surface area contributed by atoms with Crippen molar-refractivity contribution in [1.29, 1.82) is 0 Å². The number of hydrogen-bond acceptors (Lipinski definition) is 5. The molecule has 0 bridgehead atoms. The standard InChI is InChI=1S/C22H26Cl2N2O5/c1-14(2)20(26-22(29)31-12-15-7-4-3-5-8-15)21(28)25-11-16(27)13-30-18-10-6-9-17(23)19(18)24/h3-10,14,16,20,27H,11-13H2,1-2H3,(H,25,28)(H,26,29)/t16?,20-/m0/s1. The average molecular weight is 469 g/mol. The molecule has 0 spiro atoms. The highest BCUT2D eigenvalue weighted by atomic mass is 35.5. The molecule has 9 heteroatoms. The first-order chi connectivity index (χ1) is 14.8. The second kappa shape index (κ2) is 12.4. The highest BCUT2D eigenvalue weighted by Gasteiger charge is 2.25. The third-order valence-corrected chi connectivity index (χ3v) is 5.10. The second-order valence-corrected chi connectivity index (χ2v) is 7.97. The summed E-state index contributed by atoms with van der Waals surface area (Å²) in [5.74, 6) is -0.295. The average Bonchev–Trinajstić information content (AvgIpc) is 2.75. The molecule has 0 fully saturated rings. The number of halogens is 2. The van der Waals surface area contributed by atoms with Crippen LogP contribution in [0.15, 0.2) is 48.5 Å². The molecule has 0 radical (unpaired) electrons. The minimum Gasteiger partial charge on any atom is -0.489 e. The molecule has 2 aromatic rings. The third-order valence-electron chi connectivity index (χ3n) is 4.29. The Morgan fingerprint density at radius 1 is 1.06 bits per heavy atom. The predicted molar refractivity (Wildman–Crippen MR) is 119 cm³/mol. The third kappa shape index (κ3) is 8.28. The minimum atomic E-state index is -0.989. The van der Waals surface area contributed by atoms with E-state index in [0.717, 1.165) is 5.56 Å². The summed E-state index contributed by atoms with van der Waals surface area (Å²) in [7, 11) is 0. The molecule has 31 heavy (non-hydrogen) atoms. The van der Waals surface area contributed by atoms with Crippen molar-refractivity contribution in [3.8, 4) is 5.75 Å². The number of amides is 2. The van der Waals surface area contributed by atoms with Gasteiger partial charge in [-0.1, -0.05) is 73.4 Å². The summed E-state index contributed by atoms with van der Waals surface area (Å²) >= 11 is 12.0. The number of nitrogens with one attached hydrogen (secondary N) is 2. The van der Waals surface area contributed by atoms with Gasteiger partial charge in [0, 0.05) is 6.54 Å². The first-order valence-electron chi connectivity index (χ1n) is 9.77. The number of hydrogen-bond donors (Lipinski definition) is 3. The number of rotatable bonds is 10. The molecule has 0 saturated heterocycles. The van der Waals surface area contributed by atoms with E-state index in [0.29, 0.717) is 10.8 Å². The van der Waals surface area contributed by atoms with Crippen LogP contribution >= 0.6 is 23.2 Å². The molecule has 0 aliphatic heterocycles. The van der Waals surface area contributed by atoms with Crippen molar-refractivity contribution < 1.29 is 24.2 Å². The van der Waals surface area contributed by atoms with E-state index in [9.17, 15) is 14.7 Å². The first kappa shape index (κ1) is 24.8. The maximum Gasteiger partial charge on any atom is 0.408 e. The van der Waals surface area contributed by atoms with Gasteiger partial charge in [-0.2, -0.15) is 0 Å². The number of ether oxygens (including phenoxy) is 2. The molecule has 1 unspecified atom stereocenters. The van der Waals surface area contributed by atoms with Crippen molar-refractivity contribution in [2.75, 3.05) is 13.2 Å². The quantitative estimate of drug-likeness (QED) is 0.492. The minimum absolute atomic E-state index is 0.0685. The Balaban J connectivity index is 1.78. The van der Waals surface area contributed by atoms with Crippen molar-refractivity contribution >= 4 is 35.2 Å². The second-order valence-electron chi connectivity index (χ2n) is 7.19. The molecule has 0 aromatic heterocycles. The van der Waals surface area contributed by atoms with Gasteiger partial charge >= 0.3 is 6.09 Å². The van der Waals surface area contributed by atoms with Gasteiger partial charge in [-0.05, 0) is 23.6 Å². The summed E-state index contributed by atoms with van der Waals surface area (Å²) in [6.45, 7) is 3.52. The van der Waals surface area contributed by atoms with E-state index in [2.05, 4.69) is 10.6 Å². The van der Waals surface area contributed by atoms with E-state index in [1.807, 2.05) is 30.3 Å². The normalized spacial score (nSPS) is 12.7. The van der Waals surface area contributed by atoms with Crippen LogP contribution in [0.25, 0.3) is 0 Å². The van der Waals surface area contributed by atoms with Gasteiger partial charge in [0.1, 0.15) is 36.1 Å². The molecule has 0 heterocycles. The fourth-order valence-corrected chi connectivity index (χ4v) is 2.94. The van der Waals surface area contributed by atoms with E-state index in [-0.39, 0.29) is 30.7 Å². The summed E-state index contributed by atoms with van der Waals surface area (Å²) in [4.78, 5) is 24.6. The highest BCUT2D eigenvalue weighted by Crippen LogP contribution is 2.31. The number of aliphatic hydroxyl groups is 1. The predicted octanol–water partition coefficient (Wildman–Crippen LogP) is 3.80. The zero-order chi connectivity index (χ0) is 22.8. The monoisotopic (exact) mass is 468 g/mol. The molecule has 7 nitrogen and oxygen atoms in total. The molecule has 2 amide bonds. The lowest BCUT2D eigenvalue weighted by Crippen LogP contribution is -2.51. The Bertz CT molecular complexity index is 864. The lowest BCUT2D eigenvalue weighted by Gasteiger charge is -2.22. The van der Waals surface area contributed by atoms with Gasteiger partial charge in [0.05, 0.1) is 5.02 Å². The molecule has 2 rings (SSSR count). The van der Waals surface area contributed by atoms with Crippen LogP contribution in [0.1, 0.15) is 19.4 Å². The van der Waals surface area contributed by atoms with Crippen molar-refractivity contribution in [2.24, 2.45) is 5.92 Å². The topological polar surface area (TPSA) is 96.9 Å². The van der Waals surface area contributed by atoms with Gasteiger partial charge in [-0.25, -0.2) is 4.79 Å². The van der Waals surface area contributed by atoms with Crippen LogP contribution in [-0.4, -0.2) is 42.4 Å². The molecule has 3 N–H and O–H groups in total. The molecular weight excluding hydrogens is 443 g/mol. The molecular formula is C22H26Cl2N2O5. The Morgan fingerprint density at radius 3 is 2.45 bits per heavy atom. The van der Waals surface area contributed by atoms with Crippen molar-refractivity contribution in [3.05, 3.63) is 64.1 Å². The zero-order valence-electron chi connectivity index (χ0n) is 17.3.